The molecule has 0 aromatic rings. The maximum absolute atomic E-state index is 12.2. The molecule has 0 aliphatic carbocycles. The van der Waals surface area contributed by atoms with Crippen LogP contribution in [-0.4, -0.2) is 37.9 Å². The quantitative estimate of drug-likeness (QED) is 0.125. The lowest BCUT2D eigenvalue weighted by Crippen LogP contribution is -2.23. The molecule has 0 radical (unpaired) electrons. The lowest BCUT2D eigenvalue weighted by molar-refractivity contribution is -0.153. The molecule has 0 aromatic heterocycles. The van der Waals surface area contributed by atoms with E-state index < -0.39 is 5.41 Å². The van der Waals surface area contributed by atoms with E-state index in [1.54, 1.807) is 0 Å². The van der Waals surface area contributed by atoms with Gasteiger partial charge in [-0.05, 0) is 84.1 Å². The number of carbonyl (C=O) groups excluding carboxylic acids is 2. The topological polar surface area (TPSA) is 61.8 Å². The van der Waals surface area contributed by atoms with Crippen LogP contribution >= 0.6 is 22.6 Å². The highest BCUT2D eigenvalue weighted by atomic mass is 127. The molecule has 1 heterocycles. The molecule has 0 amide bonds. The SMILES string of the molecule is C=C(I)[C@H](C)C/C=C(/C[C@@H]1O[C@@H](CCCOC(=O)C(C)(C)C)CC1=C)C(=O)OC. The van der Waals surface area contributed by atoms with E-state index in [2.05, 4.69) is 42.7 Å². The van der Waals surface area contributed by atoms with Crippen LogP contribution in [0.2, 0.25) is 0 Å². The lowest BCUT2D eigenvalue weighted by atomic mass is 9.97. The minimum Gasteiger partial charge on any atom is -0.466 e. The van der Waals surface area contributed by atoms with Crippen LogP contribution in [0.1, 0.15) is 59.8 Å². The molecule has 1 fully saturated rings. The van der Waals surface area contributed by atoms with E-state index in [1.807, 2.05) is 26.8 Å². The summed E-state index contributed by atoms with van der Waals surface area (Å²) in [6, 6.07) is 0. The van der Waals surface area contributed by atoms with E-state index >= 15 is 0 Å². The Kier molecular flexibility index (Phi) is 10.6. The molecular weight excluding hydrogens is 483 g/mol. The third kappa shape index (κ3) is 9.03. The second kappa shape index (κ2) is 11.9. The van der Waals surface area contributed by atoms with Crippen molar-refractivity contribution >= 4 is 34.5 Å². The van der Waals surface area contributed by atoms with Crippen LogP contribution < -0.4 is 0 Å². The number of ether oxygens (including phenoxy) is 3. The summed E-state index contributed by atoms with van der Waals surface area (Å²) in [5.74, 6) is -0.236. The summed E-state index contributed by atoms with van der Waals surface area (Å²) in [5, 5.41) is 0. The Morgan fingerprint density at radius 3 is 2.59 bits per heavy atom. The van der Waals surface area contributed by atoms with Crippen molar-refractivity contribution in [1.82, 2.24) is 0 Å². The van der Waals surface area contributed by atoms with Gasteiger partial charge in [-0.25, -0.2) is 4.79 Å². The molecule has 0 aromatic carbocycles. The zero-order valence-electron chi connectivity index (χ0n) is 18.4. The van der Waals surface area contributed by atoms with Crippen molar-refractivity contribution in [2.24, 2.45) is 11.3 Å². The second-order valence-electron chi connectivity index (χ2n) is 8.65. The van der Waals surface area contributed by atoms with Crippen LogP contribution in [0.5, 0.6) is 0 Å². The van der Waals surface area contributed by atoms with Crippen molar-refractivity contribution in [3.63, 3.8) is 0 Å². The van der Waals surface area contributed by atoms with Crippen LogP contribution in [0.15, 0.2) is 34.0 Å². The van der Waals surface area contributed by atoms with Gasteiger partial charge in [0.2, 0.25) is 0 Å². The fourth-order valence-electron chi connectivity index (χ4n) is 2.88. The molecule has 164 valence electrons. The molecule has 1 saturated heterocycles. The lowest BCUT2D eigenvalue weighted by Gasteiger charge is -2.17. The van der Waals surface area contributed by atoms with Gasteiger partial charge in [0.1, 0.15) is 0 Å². The molecule has 3 atom stereocenters. The molecule has 29 heavy (non-hydrogen) atoms. The van der Waals surface area contributed by atoms with Crippen molar-refractivity contribution in [3.8, 4) is 0 Å². The largest absolute Gasteiger partial charge is 0.466 e. The summed E-state index contributed by atoms with van der Waals surface area (Å²) in [6.07, 6.45) is 5.24. The normalized spacial score (nSPS) is 21.0. The highest BCUT2D eigenvalue weighted by Crippen LogP contribution is 2.32. The molecule has 0 unspecified atom stereocenters. The van der Waals surface area contributed by atoms with Crippen LogP contribution in [0.3, 0.4) is 0 Å². The average molecular weight is 518 g/mol. The van der Waals surface area contributed by atoms with Gasteiger partial charge < -0.3 is 14.2 Å². The Bertz CT molecular complexity index is 644. The molecule has 0 spiro atoms. The number of allylic oxidation sites excluding steroid dienone is 2. The van der Waals surface area contributed by atoms with E-state index in [1.165, 1.54) is 7.11 Å². The Hall–Kier alpha value is -1.15. The highest BCUT2D eigenvalue weighted by molar-refractivity contribution is 14.1. The third-order valence-corrected chi connectivity index (χ3v) is 5.99. The van der Waals surface area contributed by atoms with Crippen LogP contribution in [0, 0.1) is 11.3 Å². The standard InChI is InChI=1S/C23H35IO5/c1-15(17(3)24)10-11-18(21(25)27-7)14-20-16(2)13-19(29-20)9-8-12-28-22(26)23(4,5)6/h11,15,19-20H,2-3,8-10,12-14H2,1,4-7H3/b18-11-/t15-,19+,20+/m1/s1. The number of carbonyl (C=O) groups is 2. The summed E-state index contributed by atoms with van der Waals surface area (Å²) in [7, 11) is 1.39. The number of halogens is 1. The first-order chi connectivity index (χ1) is 13.5. The minimum absolute atomic E-state index is 0.0350. The number of esters is 2. The minimum atomic E-state index is -0.485. The van der Waals surface area contributed by atoms with Gasteiger partial charge in [0.05, 0.1) is 31.3 Å². The predicted molar refractivity (Wildman–Crippen MR) is 124 cm³/mol. The molecule has 6 heteroatoms. The fraction of sp³-hybridized carbons (Fsp3) is 0.652. The van der Waals surface area contributed by atoms with Crippen LogP contribution in [0.25, 0.3) is 0 Å². The molecule has 0 saturated carbocycles. The molecule has 1 rings (SSSR count). The first-order valence-electron chi connectivity index (χ1n) is 10.1. The molecular formula is C23H35IO5. The van der Waals surface area contributed by atoms with Gasteiger partial charge in [-0.15, -0.1) is 0 Å². The van der Waals surface area contributed by atoms with Gasteiger partial charge in [-0.2, -0.15) is 0 Å². The van der Waals surface area contributed by atoms with Gasteiger partial charge >= 0.3 is 11.9 Å². The van der Waals surface area contributed by atoms with Crippen molar-refractivity contribution < 1.29 is 23.8 Å². The van der Waals surface area contributed by atoms with Crippen LogP contribution in [-0.2, 0) is 23.8 Å². The average Bonchev–Trinajstić information content (AvgIpc) is 2.99. The molecule has 0 bridgehead atoms. The van der Waals surface area contributed by atoms with Gasteiger partial charge in [0.15, 0.2) is 0 Å². The Morgan fingerprint density at radius 1 is 1.38 bits per heavy atom. The second-order valence-corrected chi connectivity index (χ2v) is 10.0. The highest BCUT2D eigenvalue weighted by Gasteiger charge is 2.31. The summed E-state index contributed by atoms with van der Waals surface area (Å²) in [4.78, 5) is 24.0. The number of hydrogen-bond donors (Lipinski definition) is 0. The van der Waals surface area contributed by atoms with Gasteiger partial charge in [0.25, 0.3) is 0 Å². The number of hydrogen-bond acceptors (Lipinski definition) is 5. The van der Waals surface area contributed by atoms with Gasteiger partial charge in [0, 0.05) is 12.0 Å². The smallest absolute Gasteiger partial charge is 0.333 e. The van der Waals surface area contributed by atoms with E-state index in [4.69, 9.17) is 14.2 Å². The van der Waals surface area contributed by atoms with E-state index in [9.17, 15) is 9.59 Å². The molecule has 0 N–H and O–H groups in total. The maximum Gasteiger partial charge on any atom is 0.333 e. The van der Waals surface area contributed by atoms with E-state index in [-0.39, 0.29) is 30.1 Å². The number of rotatable bonds is 10. The number of methoxy groups -OCH3 is 1. The van der Waals surface area contributed by atoms with E-state index in [0.29, 0.717) is 18.6 Å². The monoisotopic (exact) mass is 518 g/mol. The fourth-order valence-corrected chi connectivity index (χ4v) is 3.14. The summed E-state index contributed by atoms with van der Waals surface area (Å²) < 4.78 is 17.4. The van der Waals surface area contributed by atoms with Crippen LogP contribution in [0.4, 0.5) is 0 Å². The molecule has 1 aliphatic heterocycles. The summed E-state index contributed by atoms with van der Waals surface area (Å²) in [5.41, 5.74) is 1.12. The van der Waals surface area contributed by atoms with E-state index in [0.717, 1.165) is 34.8 Å². The van der Waals surface area contributed by atoms with Crippen molar-refractivity contribution in [2.45, 2.75) is 72.0 Å². The summed E-state index contributed by atoms with van der Waals surface area (Å²) in [6.45, 7) is 16.1. The molecule has 5 nitrogen and oxygen atoms in total. The Balaban J connectivity index is 2.56. The zero-order valence-corrected chi connectivity index (χ0v) is 20.5. The Morgan fingerprint density at radius 2 is 2.03 bits per heavy atom. The molecule has 1 aliphatic rings. The Labute approximate surface area is 189 Å². The maximum atomic E-state index is 12.2. The first-order valence-corrected chi connectivity index (χ1v) is 11.2. The van der Waals surface area contributed by atoms with Crippen molar-refractivity contribution in [3.05, 3.63) is 34.0 Å². The van der Waals surface area contributed by atoms with Crippen molar-refractivity contribution in [1.29, 1.82) is 0 Å². The summed E-state index contributed by atoms with van der Waals surface area (Å²) >= 11 is 2.21. The van der Waals surface area contributed by atoms with Crippen molar-refractivity contribution in [2.75, 3.05) is 13.7 Å². The van der Waals surface area contributed by atoms with Gasteiger partial charge in [-0.1, -0.05) is 26.2 Å². The third-order valence-electron chi connectivity index (χ3n) is 4.92. The zero-order chi connectivity index (χ0) is 22.2. The van der Waals surface area contributed by atoms with Gasteiger partial charge in [-0.3, -0.25) is 4.79 Å². The predicted octanol–water partition coefficient (Wildman–Crippen LogP) is 5.53. The first kappa shape index (κ1) is 25.9.